The lowest BCUT2D eigenvalue weighted by atomic mass is 9.93. The van der Waals surface area contributed by atoms with Crippen LogP contribution in [0.3, 0.4) is 0 Å². The van der Waals surface area contributed by atoms with E-state index in [0.717, 1.165) is 0 Å². The van der Waals surface area contributed by atoms with Crippen molar-refractivity contribution in [3.05, 3.63) is 0 Å². The van der Waals surface area contributed by atoms with Crippen molar-refractivity contribution in [2.45, 2.75) is 58.1 Å². The molecule has 1 atom stereocenters. The largest absolute Gasteiger partial charge is 0.479 e. The van der Waals surface area contributed by atoms with Gasteiger partial charge in [-0.05, 0) is 40.0 Å². The molecule has 0 bridgehead atoms. The van der Waals surface area contributed by atoms with Crippen molar-refractivity contribution in [1.82, 2.24) is 4.90 Å². The maximum absolute atomic E-state index is 12.0. The third-order valence-electron chi connectivity index (χ3n) is 3.09. The molecule has 0 unspecified atom stereocenters. The van der Waals surface area contributed by atoms with Gasteiger partial charge in [0.25, 0.3) is 0 Å². The van der Waals surface area contributed by atoms with Gasteiger partial charge in [-0.2, -0.15) is 0 Å². The number of carboxylic acids is 1. The van der Waals surface area contributed by atoms with Gasteiger partial charge >= 0.3 is 12.1 Å². The summed E-state index contributed by atoms with van der Waals surface area (Å²) in [5.41, 5.74) is -1.68. The van der Waals surface area contributed by atoms with E-state index in [0.29, 0.717) is 25.8 Å². The normalized spacial score (nSPS) is 24.8. The molecule has 1 aliphatic rings. The van der Waals surface area contributed by atoms with E-state index in [1.165, 1.54) is 4.90 Å². The van der Waals surface area contributed by atoms with Gasteiger partial charge in [-0.15, -0.1) is 0 Å². The second-order valence-electron chi connectivity index (χ2n) is 5.43. The van der Waals surface area contributed by atoms with E-state index in [4.69, 9.17) is 4.74 Å². The fourth-order valence-corrected chi connectivity index (χ4v) is 2.20. The van der Waals surface area contributed by atoms with E-state index in [2.05, 4.69) is 0 Å². The smallest absolute Gasteiger partial charge is 0.411 e. The van der Waals surface area contributed by atoms with Crippen molar-refractivity contribution in [1.29, 1.82) is 0 Å². The van der Waals surface area contributed by atoms with E-state index < -0.39 is 23.2 Å². The molecule has 1 rings (SSSR count). The first-order chi connectivity index (χ1) is 7.73. The summed E-state index contributed by atoms with van der Waals surface area (Å²) in [5.74, 6) is -0.941. The monoisotopic (exact) mass is 243 g/mol. The standard InChI is InChI=1S/C12H21NO4/c1-5-12(9(14)15)7-6-8-13(12)10(16)17-11(2,3)4/h5-8H2,1-4H3,(H,14,15)/t12-/m1/s1. The van der Waals surface area contributed by atoms with Gasteiger partial charge in [0.2, 0.25) is 0 Å². The third kappa shape index (κ3) is 2.70. The predicted octanol–water partition coefficient (Wildman–Crippen LogP) is 2.25. The van der Waals surface area contributed by atoms with Gasteiger partial charge < -0.3 is 9.84 Å². The molecule has 0 aromatic heterocycles. The average Bonchev–Trinajstić information content (AvgIpc) is 2.59. The van der Waals surface area contributed by atoms with E-state index in [1.807, 2.05) is 0 Å². The number of hydrogen-bond donors (Lipinski definition) is 1. The Labute approximate surface area is 102 Å². The van der Waals surface area contributed by atoms with Crippen LogP contribution in [0.1, 0.15) is 47.0 Å². The summed E-state index contributed by atoms with van der Waals surface area (Å²) in [4.78, 5) is 24.7. The van der Waals surface area contributed by atoms with E-state index >= 15 is 0 Å². The summed E-state index contributed by atoms with van der Waals surface area (Å²) >= 11 is 0. The maximum Gasteiger partial charge on any atom is 0.411 e. The van der Waals surface area contributed by atoms with Crippen LogP contribution < -0.4 is 0 Å². The van der Waals surface area contributed by atoms with Crippen molar-refractivity contribution in [2.75, 3.05) is 6.54 Å². The lowest BCUT2D eigenvalue weighted by molar-refractivity contribution is -0.149. The maximum atomic E-state index is 12.0. The Kier molecular flexibility index (Phi) is 3.69. The Morgan fingerprint density at radius 1 is 1.41 bits per heavy atom. The molecule has 98 valence electrons. The van der Waals surface area contributed by atoms with Crippen molar-refractivity contribution < 1.29 is 19.4 Å². The van der Waals surface area contributed by atoms with Gasteiger partial charge in [0.05, 0.1) is 0 Å². The highest BCUT2D eigenvalue weighted by molar-refractivity contribution is 5.85. The number of rotatable bonds is 2. The van der Waals surface area contributed by atoms with Crippen LogP contribution in [-0.2, 0) is 9.53 Å². The minimum absolute atomic E-state index is 0.404. The summed E-state index contributed by atoms with van der Waals surface area (Å²) in [6.45, 7) is 7.56. The first-order valence-corrected chi connectivity index (χ1v) is 5.97. The molecule has 1 heterocycles. The van der Waals surface area contributed by atoms with Crippen LogP contribution >= 0.6 is 0 Å². The Morgan fingerprint density at radius 3 is 2.41 bits per heavy atom. The lowest BCUT2D eigenvalue weighted by Crippen LogP contribution is -2.53. The molecule has 0 spiro atoms. The zero-order chi connectivity index (χ0) is 13.3. The first kappa shape index (κ1) is 13.8. The molecule has 1 saturated heterocycles. The Bertz CT molecular complexity index is 321. The number of carbonyl (C=O) groups excluding carboxylic acids is 1. The summed E-state index contributed by atoms with van der Waals surface area (Å²) in [6, 6.07) is 0. The molecule has 1 fully saturated rings. The van der Waals surface area contributed by atoms with Gasteiger partial charge in [-0.1, -0.05) is 6.92 Å². The Morgan fingerprint density at radius 2 is 2.00 bits per heavy atom. The zero-order valence-corrected chi connectivity index (χ0v) is 10.9. The van der Waals surface area contributed by atoms with Crippen LogP contribution in [0.5, 0.6) is 0 Å². The molecule has 0 saturated carbocycles. The molecule has 0 aromatic carbocycles. The van der Waals surface area contributed by atoms with Gasteiger partial charge in [0, 0.05) is 6.54 Å². The fourth-order valence-electron chi connectivity index (χ4n) is 2.20. The van der Waals surface area contributed by atoms with Gasteiger partial charge in [-0.3, -0.25) is 4.90 Å². The minimum atomic E-state index is -1.08. The minimum Gasteiger partial charge on any atom is -0.479 e. The van der Waals surface area contributed by atoms with Crippen molar-refractivity contribution >= 4 is 12.1 Å². The van der Waals surface area contributed by atoms with Gasteiger partial charge in [-0.25, -0.2) is 9.59 Å². The first-order valence-electron chi connectivity index (χ1n) is 5.97. The molecule has 0 aromatic rings. The highest BCUT2D eigenvalue weighted by atomic mass is 16.6. The van der Waals surface area contributed by atoms with Crippen LogP contribution in [0.15, 0.2) is 0 Å². The number of hydrogen-bond acceptors (Lipinski definition) is 3. The SMILES string of the molecule is CC[C@]1(C(=O)O)CCCN1C(=O)OC(C)(C)C. The van der Waals surface area contributed by atoms with Gasteiger partial charge in [0.15, 0.2) is 0 Å². The number of carbonyl (C=O) groups is 2. The molecule has 0 aliphatic carbocycles. The van der Waals surface area contributed by atoms with E-state index in [-0.39, 0.29) is 0 Å². The molecule has 0 radical (unpaired) electrons. The van der Waals surface area contributed by atoms with E-state index in [9.17, 15) is 14.7 Å². The molecule has 17 heavy (non-hydrogen) atoms. The number of nitrogens with zero attached hydrogens (tertiary/aromatic N) is 1. The second-order valence-corrected chi connectivity index (χ2v) is 5.43. The quantitative estimate of drug-likeness (QED) is 0.807. The molecule has 5 heteroatoms. The molecule has 1 aliphatic heterocycles. The topological polar surface area (TPSA) is 66.8 Å². The Balaban J connectivity index is 2.89. The van der Waals surface area contributed by atoms with Crippen molar-refractivity contribution in [2.24, 2.45) is 0 Å². The van der Waals surface area contributed by atoms with Crippen molar-refractivity contribution in [3.8, 4) is 0 Å². The average molecular weight is 243 g/mol. The molecular formula is C12H21NO4. The van der Waals surface area contributed by atoms with Gasteiger partial charge in [0.1, 0.15) is 11.1 Å². The zero-order valence-electron chi connectivity index (χ0n) is 10.9. The van der Waals surface area contributed by atoms with Crippen LogP contribution in [0.2, 0.25) is 0 Å². The van der Waals surface area contributed by atoms with Crippen LogP contribution in [0, 0.1) is 0 Å². The molecule has 5 nitrogen and oxygen atoms in total. The van der Waals surface area contributed by atoms with Crippen molar-refractivity contribution in [3.63, 3.8) is 0 Å². The van der Waals surface area contributed by atoms with Crippen LogP contribution in [0.25, 0.3) is 0 Å². The highest BCUT2D eigenvalue weighted by Gasteiger charge is 2.49. The second kappa shape index (κ2) is 4.55. The summed E-state index contributed by atoms with van der Waals surface area (Å²) in [6.07, 6.45) is 1.08. The Hall–Kier alpha value is -1.26. The number of amides is 1. The summed E-state index contributed by atoms with van der Waals surface area (Å²) < 4.78 is 5.25. The van der Waals surface area contributed by atoms with Crippen LogP contribution in [0.4, 0.5) is 4.79 Å². The fraction of sp³-hybridized carbons (Fsp3) is 0.833. The number of aliphatic carboxylic acids is 1. The summed E-state index contributed by atoms with van der Waals surface area (Å²) in [7, 11) is 0. The number of carboxylic acid groups (broad SMARTS) is 1. The van der Waals surface area contributed by atoms with E-state index in [1.54, 1.807) is 27.7 Å². The molecular weight excluding hydrogens is 222 g/mol. The predicted molar refractivity (Wildman–Crippen MR) is 62.8 cm³/mol. The van der Waals surface area contributed by atoms with Crippen LogP contribution in [-0.4, -0.2) is 39.8 Å². The lowest BCUT2D eigenvalue weighted by Gasteiger charge is -2.35. The third-order valence-corrected chi connectivity index (χ3v) is 3.09. The molecule has 1 amide bonds. The summed E-state index contributed by atoms with van der Waals surface area (Å²) in [5, 5.41) is 9.33. The molecule has 1 N–H and O–H groups in total. The number of ether oxygens (including phenoxy) is 1. The highest BCUT2D eigenvalue weighted by Crippen LogP contribution is 2.33. The number of likely N-dealkylation sites (tertiary alicyclic amines) is 1.